The molecule has 7 heteroatoms. The summed E-state index contributed by atoms with van der Waals surface area (Å²) in [7, 11) is -3.41. The molecule has 6 nitrogen and oxygen atoms in total. The van der Waals surface area contributed by atoms with Crippen LogP contribution in [0.3, 0.4) is 0 Å². The third kappa shape index (κ3) is 3.01. The van der Waals surface area contributed by atoms with Gasteiger partial charge in [0.25, 0.3) is 0 Å². The summed E-state index contributed by atoms with van der Waals surface area (Å²) in [6.45, 7) is 2.75. The van der Waals surface area contributed by atoms with Crippen LogP contribution in [0.2, 0.25) is 0 Å². The number of sulfonamides is 1. The number of rotatable bonds is 2. The quantitative estimate of drug-likeness (QED) is 0.748. The monoisotopic (exact) mass is 304 g/mol. The Balaban J connectivity index is 1.58. The van der Waals surface area contributed by atoms with Crippen LogP contribution in [-0.4, -0.2) is 51.7 Å². The highest BCUT2D eigenvalue weighted by atomic mass is 32.2. The third-order valence-corrected chi connectivity index (χ3v) is 6.37. The molecule has 0 radical (unpaired) electrons. The van der Waals surface area contributed by atoms with Gasteiger partial charge in [-0.05, 0) is 31.6 Å². The first-order valence-corrected chi connectivity index (χ1v) is 9.06. The van der Waals surface area contributed by atoms with Crippen LogP contribution in [-0.2, 0) is 19.5 Å². The van der Waals surface area contributed by atoms with Crippen LogP contribution < -0.4 is 10.5 Å². The molecule has 3 aliphatic rings. The Morgan fingerprint density at radius 3 is 2.65 bits per heavy atom. The van der Waals surface area contributed by atoms with Crippen molar-refractivity contribution in [2.45, 2.75) is 49.0 Å². The predicted octanol–water partition coefficient (Wildman–Crippen LogP) is -0.0188. The minimum atomic E-state index is -3.41. The zero-order chi connectivity index (χ0) is 14.2. The van der Waals surface area contributed by atoms with Gasteiger partial charge in [-0.15, -0.1) is 0 Å². The summed E-state index contributed by atoms with van der Waals surface area (Å²) in [6.07, 6.45) is 4.58. The number of hydrogen-bond acceptors (Lipinski definition) is 5. The van der Waals surface area contributed by atoms with E-state index in [1.54, 1.807) is 0 Å². The zero-order valence-electron chi connectivity index (χ0n) is 11.7. The third-order valence-electron chi connectivity index (χ3n) is 5.04. The summed E-state index contributed by atoms with van der Waals surface area (Å²) >= 11 is 0. The lowest BCUT2D eigenvalue weighted by atomic mass is 9.79. The van der Waals surface area contributed by atoms with Gasteiger partial charge in [0.15, 0.2) is 0 Å². The molecule has 20 heavy (non-hydrogen) atoms. The largest absolute Gasteiger partial charge is 0.378 e. The topological polar surface area (TPSA) is 90.7 Å². The first kappa shape index (κ1) is 14.7. The molecular formula is C13H24N2O4S. The molecule has 3 saturated heterocycles. The molecule has 4 atom stereocenters. The van der Waals surface area contributed by atoms with E-state index in [2.05, 4.69) is 5.32 Å². The number of ether oxygens (including phenoxy) is 2. The Hall–Kier alpha value is -0.210. The van der Waals surface area contributed by atoms with Crippen molar-refractivity contribution in [2.75, 3.05) is 26.4 Å². The maximum Gasteiger partial charge on any atom is 0.213 e. The van der Waals surface area contributed by atoms with Gasteiger partial charge in [0, 0.05) is 32.2 Å². The molecule has 3 heterocycles. The van der Waals surface area contributed by atoms with Crippen molar-refractivity contribution in [1.29, 1.82) is 0 Å². The Kier molecular flexibility index (Phi) is 4.07. The number of piperidine rings is 1. The number of hydrogen-bond donors (Lipinski definition) is 2. The first-order valence-electron chi connectivity index (χ1n) is 7.45. The molecule has 0 aliphatic carbocycles. The predicted molar refractivity (Wildman–Crippen MR) is 74.8 cm³/mol. The molecule has 3 fully saturated rings. The van der Waals surface area contributed by atoms with Crippen molar-refractivity contribution in [3.63, 3.8) is 0 Å². The number of primary sulfonamides is 1. The van der Waals surface area contributed by atoms with E-state index in [-0.39, 0.29) is 5.60 Å². The number of nitrogens with one attached hydrogen (secondary N) is 1. The maximum absolute atomic E-state index is 11.4. The van der Waals surface area contributed by atoms with Gasteiger partial charge in [-0.25, -0.2) is 13.6 Å². The second-order valence-electron chi connectivity index (χ2n) is 6.39. The normalized spacial score (nSPS) is 43.0. The Morgan fingerprint density at radius 1 is 1.20 bits per heavy atom. The fourth-order valence-electron chi connectivity index (χ4n) is 3.81. The molecule has 4 unspecified atom stereocenters. The molecule has 1 spiro atoms. The van der Waals surface area contributed by atoms with E-state index in [0.717, 1.165) is 38.9 Å². The summed E-state index contributed by atoms with van der Waals surface area (Å²) in [6, 6.07) is 0.384. The van der Waals surface area contributed by atoms with Crippen LogP contribution in [0.4, 0.5) is 0 Å². The van der Waals surface area contributed by atoms with Gasteiger partial charge >= 0.3 is 0 Å². The Labute approximate surface area is 120 Å². The molecule has 0 aromatic rings. The smallest absolute Gasteiger partial charge is 0.213 e. The highest BCUT2D eigenvalue weighted by molar-refractivity contribution is 7.89. The van der Waals surface area contributed by atoms with E-state index >= 15 is 0 Å². The lowest BCUT2D eigenvalue weighted by molar-refractivity contribution is -0.104. The Morgan fingerprint density at radius 2 is 2.05 bits per heavy atom. The van der Waals surface area contributed by atoms with Gasteiger partial charge in [0.05, 0.1) is 17.5 Å². The molecule has 3 rings (SSSR count). The second kappa shape index (κ2) is 5.53. The highest BCUT2D eigenvalue weighted by Crippen LogP contribution is 2.38. The molecule has 116 valence electrons. The Bertz CT molecular complexity index is 439. The van der Waals surface area contributed by atoms with Crippen LogP contribution in [0.25, 0.3) is 0 Å². The van der Waals surface area contributed by atoms with E-state index in [4.69, 9.17) is 14.6 Å². The maximum atomic E-state index is 11.4. The van der Waals surface area contributed by atoms with Crippen molar-refractivity contribution >= 4 is 10.0 Å². The van der Waals surface area contributed by atoms with Gasteiger partial charge in [-0.3, -0.25) is 0 Å². The van der Waals surface area contributed by atoms with Gasteiger partial charge in [0.2, 0.25) is 10.0 Å². The van der Waals surface area contributed by atoms with Gasteiger partial charge in [-0.1, -0.05) is 0 Å². The molecule has 3 aliphatic heterocycles. The van der Waals surface area contributed by atoms with Crippen LogP contribution >= 0.6 is 0 Å². The molecule has 0 saturated carbocycles. The van der Waals surface area contributed by atoms with Crippen molar-refractivity contribution in [3.8, 4) is 0 Å². The fraction of sp³-hybridized carbons (Fsp3) is 1.00. The molecular weight excluding hydrogens is 280 g/mol. The standard InChI is InChI=1S/C13H24N2O4S/c14-20(16,17)11-1-2-12(15-8-11)10-3-5-19-13(7-10)4-6-18-9-13/h10-12,15H,1-9H2,(H2,14,16,17). The van der Waals surface area contributed by atoms with E-state index < -0.39 is 15.3 Å². The van der Waals surface area contributed by atoms with Crippen LogP contribution in [0.1, 0.15) is 32.1 Å². The SMILES string of the molecule is NS(=O)(=O)C1CCC(C2CCOC3(CCOC3)C2)NC1. The van der Waals surface area contributed by atoms with E-state index in [1.165, 1.54) is 0 Å². The minimum Gasteiger partial charge on any atom is -0.378 e. The van der Waals surface area contributed by atoms with Crippen LogP contribution in [0.5, 0.6) is 0 Å². The molecule has 3 N–H and O–H groups in total. The molecule has 0 amide bonds. The van der Waals surface area contributed by atoms with Crippen molar-refractivity contribution in [1.82, 2.24) is 5.32 Å². The summed E-state index contributed by atoms with van der Waals surface area (Å²) in [5.41, 5.74) is -0.0820. The number of nitrogens with two attached hydrogens (primary N) is 1. The lowest BCUT2D eigenvalue weighted by Crippen LogP contribution is -2.53. The van der Waals surface area contributed by atoms with E-state index in [1.807, 2.05) is 0 Å². The minimum absolute atomic E-state index is 0.0820. The lowest BCUT2D eigenvalue weighted by Gasteiger charge is -2.42. The summed E-state index contributed by atoms with van der Waals surface area (Å²) in [5, 5.41) is 8.19. The van der Waals surface area contributed by atoms with Crippen LogP contribution in [0.15, 0.2) is 0 Å². The second-order valence-corrected chi connectivity index (χ2v) is 8.23. The molecule has 0 bridgehead atoms. The zero-order valence-corrected chi connectivity index (χ0v) is 12.5. The fourth-order valence-corrected chi connectivity index (χ4v) is 4.60. The average Bonchev–Trinajstić information content (AvgIpc) is 2.86. The van der Waals surface area contributed by atoms with Gasteiger partial charge < -0.3 is 14.8 Å². The van der Waals surface area contributed by atoms with Crippen molar-refractivity contribution in [3.05, 3.63) is 0 Å². The highest BCUT2D eigenvalue weighted by Gasteiger charge is 2.43. The first-order chi connectivity index (χ1) is 9.49. The summed E-state index contributed by atoms with van der Waals surface area (Å²) < 4.78 is 34.2. The van der Waals surface area contributed by atoms with Crippen LogP contribution in [0, 0.1) is 5.92 Å². The molecule has 0 aromatic heterocycles. The summed E-state index contributed by atoms with van der Waals surface area (Å²) in [4.78, 5) is 0. The average molecular weight is 304 g/mol. The van der Waals surface area contributed by atoms with E-state index in [0.29, 0.717) is 31.5 Å². The summed E-state index contributed by atoms with van der Waals surface area (Å²) in [5.74, 6) is 0.548. The van der Waals surface area contributed by atoms with Crippen molar-refractivity contribution < 1.29 is 17.9 Å². The van der Waals surface area contributed by atoms with Gasteiger partial charge in [-0.2, -0.15) is 0 Å². The van der Waals surface area contributed by atoms with E-state index in [9.17, 15) is 8.42 Å². The van der Waals surface area contributed by atoms with Crippen molar-refractivity contribution in [2.24, 2.45) is 11.1 Å². The van der Waals surface area contributed by atoms with Gasteiger partial charge in [0.1, 0.15) is 0 Å². The molecule has 0 aromatic carbocycles.